The van der Waals surface area contributed by atoms with Crippen molar-refractivity contribution in [2.75, 3.05) is 23.0 Å². The molecule has 0 aliphatic carbocycles. The van der Waals surface area contributed by atoms with E-state index in [0.29, 0.717) is 18.4 Å². The normalized spacial score (nSPS) is 11.8. The molecule has 0 saturated carbocycles. The van der Waals surface area contributed by atoms with Gasteiger partial charge in [-0.2, -0.15) is 18.4 Å². The van der Waals surface area contributed by atoms with Gasteiger partial charge in [0, 0.05) is 6.07 Å². The molecule has 0 bridgehead atoms. The molecule has 0 aliphatic rings. The van der Waals surface area contributed by atoms with Gasteiger partial charge < -0.3 is 9.63 Å². The maximum atomic E-state index is 14.6. The van der Waals surface area contributed by atoms with Crippen LogP contribution in [0.4, 0.5) is 23.2 Å². The fraction of sp³-hybridized carbons (Fsp3) is 0.200. The number of halogens is 4. The number of aromatic nitrogens is 2. The van der Waals surface area contributed by atoms with Crippen LogP contribution >= 0.6 is 0 Å². The fourth-order valence-corrected chi connectivity index (χ4v) is 3.68. The summed E-state index contributed by atoms with van der Waals surface area (Å²) in [6.45, 7) is -0.828. The minimum absolute atomic E-state index is 0.0502. The first-order chi connectivity index (χ1) is 14.6. The third kappa shape index (κ3) is 4.68. The van der Waals surface area contributed by atoms with Crippen LogP contribution in [0, 0.1) is 17.1 Å². The standard InChI is InChI=1S/C15H10F4N5O6S.Al/c1-31(29,30)24(13(27)6-25)9-3-10(8(16)2-7(9)5-20)22-12(26)4-11(15(17,18)19)23(21)14(22)28;/h2-4H,6,21H2,1H3;/q-1;+1. The highest BCUT2D eigenvalue weighted by molar-refractivity contribution is 7.92. The second-order valence-corrected chi connectivity index (χ2v) is 8.18. The number of carbonyl (C=O) groups excluding carboxylic acids is 1. The van der Waals surface area contributed by atoms with Gasteiger partial charge in [-0.3, -0.25) is 9.59 Å². The molecule has 2 rings (SSSR count). The molecule has 1 aromatic heterocycles. The number of nitriles is 1. The molecule has 1 heterocycles. The smallest absolute Gasteiger partial charge is 0.433 e. The molecule has 0 spiro atoms. The molecule has 2 N–H and O–H groups in total. The third-order valence-electron chi connectivity index (χ3n) is 3.84. The monoisotopic (exact) mass is 491 g/mol. The second kappa shape index (κ2) is 8.75. The van der Waals surface area contributed by atoms with Gasteiger partial charge in [0.25, 0.3) is 11.5 Å². The molecule has 0 aliphatic heterocycles. The number of nitrogens with zero attached hydrogens (tertiary/aromatic N) is 4. The first-order valence-corrected chi connectivity index (χ1v) is 10.3. The highest BCUT2D eigenvalue weighted by Gasteiger charge is 2.36. The molecule has 1 amide bonds. The first-order valence-electron chi connectivity index (χ1n) is 7.95. The Morgan fingerprint density at radius 2 is 1.91 bits per heavy atom. The topological polar surface area (TPSA) is 157 Å². The summed E-state index contributed by atoms with van der Waals surface area (Å²) in [5.74, 6) is 2.40. The Labute approximate surface area is 184 Å². The van der Waals surface area contributed by atoms with E-state index in [1.54, 1.807) is 16.6 Å². The molecule has 168 valence electrons. The SMILES string of the molecule is CS(=O)(=O)N(C(=O)C[O][Al])c1cc(-n2c(=O)cc(C(F)(F)F)n(N)c2=O)c(F)cc1C#N. The zero-order chi connectivity index (χ0) is 24.6. The van der Waals surface area contributed by atoms with Crippen LogP contribution in [-0.2, 0) is 24.8 Å². The van der Waals surface area contributed by atoms with Gasteiger partial charge in [-0.05, 0) is 12.1 Å². The number of benzene rings is 1. The van der Waals surface area contributed by atoms with E-state index in [9.17, 15) is 45.6 Å². The Balaban J connectivity index is 2.95. The van der Waals surface area contributed by atoms with Crippen molar-refractivity contribution in [3.8, 4) is 11.8 Å². The second-order valence-electron chi connectivity index (χ2n) is 6.02. The summed E-state index contributed by atoms with van der Waals surface area (Å²) < 4.78 is 81.8. The number of nitrogens with two attached hydrogens (primary N) is 1. The lowest BCUT2D eigenvalue weighted by Gasteiger charge is -2.22. The number of nitrogen functional groups attached to an aromatic ring is 1. The Bertz CT molecular complexity index is 1360. The molecular weight excluding hydrogens is 481 g/mol. The van der Waals surface area contributed by atoms with Crippen molar-refractivity contribution in [3.63, 3.8) is 0 Å². The van der Waals surface area contributed by atoms with Crippen molar-refractivity contribution in [3.05, 3.63) is 56.1 Å². The number of rotatable bonds is 5. The minimum Gasteiger partial charge on any atom is -0.509 e. The van der Waals surface area contributed by atoms with Crippen LogP contribution in [0.2, 0.25) is 0 Å². The molecule has 0 atom stereocenters. The van der Waals surface area contributed by atoms with Gasteiger partial charge in [-0.25, -0.2) is 31.2 Å². The van der Waals surface area contributed by atoms with Gasteiger partial charge in [0.1, 0.15) is 11.9 Å². The van der Waals surface area contributed by atoms with E-state index < -0.39 is 73.1 Å². The Morgan fingerprint density at radius 1 is 1.31 bits per heavy atom. The number of anilines is 1. The van der Waals surface area contributed by atoms with Crippen molar-refractivity contribution in [2.24, 2.45) is 0 Å². The van der Waals surface area contributed by atoms with Crippen LogP contribution in [0.15, 0.2) is 27.8 Å². The summed E-state index contributed by atoms with van der Waals surface area (Å²) in [5.41, 5.74) is -7.87. The van der Waals surface area contributed by atoms with Gasteiger partial charge in [0.15, 0.2) is 5.69 Å². The van der Waals surface area contributed by atoms with Crippen LogP contribution in [0.25, 0.3) is 5.69 Å². The van der Waals surface area contributed by atoms with Gasteiger partial charge in [0.2, 0.25) is 10.0 Å². The summed E-state index contributed by atoms with van der Waals surface area (Å²) in [5, 5.41) is 9.25. The predicted molar refractivity (Wildman–Crippen MR) is 100 cm³/mol. The van der Waals surface area contributed by atoms with E-state index in [-0.39, 0.29) is 14.9 Å². The van der Waals surface area contributed by atoms with Crippen LogP contribution in [0.3, 0.4) is 0 Å². The number of hydrogen-bond donors (Lipinski definition) is 1. The molecule has 17 heteroatoms. The average Bonchev–Trinajstić information content (AvgIpc) is 2.65. The molecule has 0 fully saturated rings. The maximum Gasteiger partial charge on any atom is 0.433 e. The largest absolute Gasteiger partial charge is 0.509 e. The van der Waals surface area contributed by atoms with E-state index in [1.807, 2.05) is 0 Å². The summed E-state index contributed by atoms with van der Waals surface area (Å²) in [4.78, 5) is 36.8. The lowest BCUT2D eigenvalue weighted by molar-refractivity contribution is -0.143. The third-order valence-corrected chi connectivity index (χ3v) is 5.07. The highest BCUT2D eigenvalue weighted by Crippen LogP contribution is 2.29. The summed E-state index contributed by atoms with van der Waals surface area (Å²) in [6, 6.07) is 2.22. The van der Waals surface area contributed by atoms with E-state index in [0.717, 1.165) is 0 Å². The van der Waals surface area contributed by atoms with Gasteiger partial charge in [0.05, 0.1) is 29.8 Å². The summed E-state index contributed by atoms with van der Waals surface area (Å²) in [6.07, 6.45) is -4.63. The van der Waals surface area contributed by atoms with Crippen molar-refractivity contribution < 1.29 is 34.6 Å². The number of hydrogen-bond acceptors (Lipinski definition) is 8. The van der Waals surface area contributed by atoms with Crippen molar-refractivity contribution in [1.82, 2.24) is 9.24 Å². The predicted octanol–water partition coefficient (Wildman–Crippen LogP) is -0.865. The van der Waals surface area contributed by atoms with Crippen molar-refractivity contribution >= 4 is 38.2 Å². The van der Waals surface area contributed by atoms with Gasteiger partial charge in [-0.1, -0.05) is 0 Å². The molecule has 11 nitrogen and oxygen atoms in total. The van der Waals surface area contributed by atoms with Crippen molar-refractivity contribution in [1.29, 1.82) is 5.26 Å². The van der Waals surface area contributed by atoms with Crippen LogP contribution < -0.4 is 21.4 Å². The Morgan fingerprint density at radius 3 is 2.38 bits per heavy atom. The number of alkyl halides is 3. The van der Waals surface area contributed by atoms with Crippen LogP contribution in [0.5, 0.6) is 0 Å². The lowest BCUT2D eigenvalue weighted by atomic mass is 10.1. The zero-order valence-electron chi connectivity index (χ0n) is 15.8. The van der Waals surface area contributed by atoms with E-state index >= 15 is 0 Å². The Hall–Kier alpha value is -3.18. The van der Waals surface area contributed by atoms with Crippen LogP contribution in [0.1, 0.15) is 11.3 Å². The Kier molecular flexibility index (Phi) is 6.86. The molecule has 2 aromatic rings. The summed E-state index contributed by atoms with van der Waals surface area (Å²) in [7, 11) is -4.46. The molecule has 1 aromatic carbocycles. The quantitative estimate of drug-likeness (QED) is 0.321. The minimum atomic E-state index is -5.20. The molecule has 32 heavy (non-hydrogen) atoms. The van der Waals surface area contributed by atoms with E-state index in [1.165, 1.54) is 6.07 Å². The first kappa shape index (κ1) is 25.1. The fourth-order valence-electron chi connectivity index (χ4n) is 2.60. The van der Waals surface area contributed by atoms with E-state index in [4.69, 9.17) is 5.84 Å². The lowest BCUT2D eigenvalue weighted by Crippen LogP contribution is -2.45. The summed E-state index contributed by atoms with van der Waals surface area (Å²) >= 11 is 1.68. The zero-order valence-corrected chi connectivity index (χ0v) is 17.7. The molecular formula is C15H10AlF4N5O6S. The average molecular weight is 491 g/mol. The van der Waals surface area contributed by atoms with E-state index in [2.05, 4.69) is 3.79 Å². The van der Waals surface area contributed by atoms with Gasteiger partial charge in [-0.15, -0.1) is 0 Å². The van der Waals surface area contributed by atoms with Crippen LogP contribution in [-0.4, -0.2) is 53.1 Å². The number of carbonyl (C=O) groups is 1. The van der Waals surface area contributed by atoms with Gasteiger partial charge >= 0.3 is 28.5 Å². The van der Waals surface area contributed by atoms with Crippen molar-refractivity contribution in [2.45, 2.75) is 6.18 Å². The molecule has 2 radical (unpaired) electrons. The number of amides is 1. The maximum absolute atomic E-state index is 14.6. The molecule has 0 saturated heterocycles. The molecule has 0 unspecified atom stereocenters. The highest BCUT2D eigenvalue weighted by atomic mass is 32.2. The number of sulfonamides is 1.